The van der Waals surface area contributed by atoms with Crippen LogP contribution in [0.1, 0.15) is 17.0 Å². The van der Waals surface area contributed by atoms with E-state index in [1.807, 2.05) is 24.3 Å². The van der Waals surface area contributed by atoms with Crippen LogP contribution in [0.4, 0.5) is 5.69 Å². The molecule has 0 aliphatic heterocycles. The molecule has 0 bridgehead atoms. The van der Waals surface area contributed by atoms with Crippen LogP contribution in [0.5, 0.6) is 0 Å². The summed E-state index contributed by atoms with van der Waals surface area (Å²) in [6, 6.07) is 9.36. The van der Waals surface area contributed by atoms with Gasteiger partial charge in [0, 0.05) is 15.7 Å². The lowest BCUT2D eigenvalue weighted by molar-refractivity contribution is 0.784. The van der Waals surface area contributed by atoms with E-state index in [4.69, 9.17) is 16.3 Å². The molecule has 1 aromatic carbocycles. The van der Waals surface area contributed by atoms with Gasteiger partial charge in [-0.25, -0.2) is 4.98 Å². The number of benzene rings is 1. The third-order valence-electron chi connectivity index (χ3n) is 2.53. The summed E-state index contributed by atoms with van der Waals surface area (Å²) < 4.78 is 2.47. The molecule has 0 atom stereocenters. The molecule has 0 unspecified atom stereocenters. The molecule has 0 spiro atoms. The van der Waals surface area contributed by atoms with E-state index >= 15 is 0 Å². The number of nitrogens with two attached hydrogens (primary N) is 1. The maximum Gasteiger partial charge on any atom is 0.176 e. The summed E-state index contributed by atoms with van der Waals surface area (Å²) in [6.45, 7) is 0.394. The second-order valence-corrected chi connectivity index (χ2v) is 4.46. The Labute approximate surface area is 112 Å². The second kappa shape index (κ2) is 4.91. The zero-order valence-corrected chi connectivity index (χ0v) is 10.8. The number of hydrogen-bond donors (Lipinski definition) is 1. The van der Waals surface area contributed by atoms with E-state index in [1.54, 1.807) is 10.6 Å². The highest BCUT2D eigenvalue weighted by molar-refractivity contribution is 9.10. The van der Waals surface area contributed by atoms with Gasteiger partial charge >= 0.3 is 0 Å². The van der Waals surface area contributed by atoms with Crippen molar-refractivity contribution in [2.45, 2.75) is 6.54 Å². The zero-order valence-electron chi connectivity index (χ0n) is 9.26. The van der Waals surface area contributed by atoms with Crippen LogP contribution in [-0.4, -0.2) is 9.55 Å². The molecule has 6 heteroatoms. The van der Waals surface area contributed by atoms with Gasteiger partial charge in [-0.1, -0.05) is 22.0 Å². The number of aromatic nitrogens is 2. The summed E-state index contributed by atoms with van der Waals surface area (Å²) in [5.41, 5.74) is 7.74. The van der Waals surface area contributed by atoms with Crippen LogP contribution < -0.4 is 5.73 Å². The fourth-order valence-electron chi connectivity index (χ4n) is 1.61. The van der Waals surface area contributed by atoms with E-state index in [0.29, 0.717) is 12.2 Å². The average molecular weight is 302 g/mol. The lowest BCUT2D eigenvalue weighted by Crippen LogP contribution is -2.05. The Morgan fingerprint density at radius 3 is 2.72 bits per heavy atom. The Morgan fingerprint density at radius 1 is 1.33 bits per heavy atom. The van der Waals surface area contributed by atoms with Crippen molar-refractivity contribution in [3.8, 4) is 12.1 Å². The highest BCUT2D eigenvalue weighted by atomic mass is 79.9. The standard InChI is InChI=1S/C12H8BrN5/c13-9-2-1-3-10(16)8(9)6-18-7-17-11(4-14)12(18)5-15/h1-3,7H,6,16H2. The van der Waals surface area contributed by atoms with Gasteiger partial charge in [0.15, 0.2) is 11.4 Å². The van der Waals surface area contributed by atoms with Crippen LogP contribution in [0.15, 0.2) is 29.0 Å². The van der Waals surface area contributed by atoms with Gasteiger partial charge in [0.2, 0.25) is 0 Å². The van der Waals surface area contributed by atoms with Crippen LogP contribution in [0.25, 0.3) is 0 Å². The van der Waals surface area contributed by atoms with Gasteiger partial charge in [0.25, 0.3) is 0 Å². The van der Waals surface area contributed by atoms with Crippen molar-refractivity contribution >= 4 is 21.6 Å². The molecule has 0 radical (unpaired) electrons. The van der Waals surface area contributed by atoms with Gasteiger partial charge in [-0.05, 0) is 12.1 Å². The number of halogens is 1. The third kappa shape index (κ3) is 2.06. The quantitative estimate of drug-likeness (QED) is 0.859. The van der Waals surface area contributed by atoms with Gasteiger partial charge in [-0.15, -0.1) is 0 Å². The van der Waals surface area contributed by atoms with E-state index in [9.17, 15) is 0 Å². The topological polar surface area (TPSA) is 91.4 Å². The minimum atomic E-state index is 0.128. The monoisotopic (exact) mass is 301 g/mol. The lowest BCUT2D eigenvalue weighted by Gasteiger charge is -2.09. The predicted octanol–water partition coefficient (Wildman–Crippen LogP) is 2.02. The van der Waals surface area contributed by atoms with Crippen LogP contribution in [0.3, 0.4) is 0 Å². The molecule has 0 saturated heterocycles. The van der Waals surface area contributed by atoms with Crippen molar-refractivity contribution < 1.29 is 0 Å². The summed E-state index contributed by atoms with van der Waals surface area (Å²) in [4.78, 5) is 3.88. The number of nitrogens with zero attached hydrogens (tertiary/aromatic N) is 4. The van der Waals surface area contributed by atoms with Gasteiger partial charge in [-0.2, -0.15) is 10.5 Å². The zero-order chi connectivity index (χ0) is 13.1. The molecule has 1 heterocycles. The van der Waals surface area contributed by atoms with Gasteiger partial charge < -0.3 is 10.3 Å². The van der Waals surface area contributed by atoms with E-state index in [0.717, 1.165) is 10.0 Å². The first-order chi connectivity index (χ1) is 8.67. The fourth-order valence-corrected chi connectivity index (χ4v) is 2.12. The molecule has 0 fully saturated rings. The summed E-state index contributed by atoms with van der Waals surface area (Å²) in [5.74, 6) is 0. The number of nitriles is 2. The molecule has 0 amide bonds. The average Bonchev–Trinajstić information content (AvgIpc) is 2.75. The SMILES string of the molecule is N#Cc1ncn(Cc2c(N)cccc2Br)c1C#N. The first kappa shape index (κ1) is 12.2. The highest BCUT2D eigenvalue weighted by Crippen LogP contribution is 2.24. The van der Waals surface area contributed by atoms with Crippen molar-refractivity contribution in [3.63, 3.8) is 0 Å². The molecular formula is C12H8BrN5. The van der Waals surface area contributed by atoms with Crippen molar-refractivity contribution in [1.82, 2.24) is 9.55 Å². The molecule has 0 saturated carbocycles. The molecule has 5 nitrogen and oxygen atoms in total. The Kier molecular flexibility index (Phi) is 3.31. The molecule has 88 valence electrons. The minimum absolute atomic E-state index is 0.128. The molecule has 2 N–H and O–H groups in total. The van der Waals surface area contributed by atoms with E-state index < -0.39 is 0 Å². The van der Waals surface area contributed by atoms with E-state index in [2.05, 4.69) is 20.9 Å². The van der Waals surface area contributed by atoms with Gasteiger partial charge in [0.1, 0.15) is 12.1 Å². The predicted molar refractivity (Wildman–Crippen MR) is 69.3 cm³/mol. The summed E-state index contributed by atoms with van der Waals surface area (Å²) >= 11 is 3.41. The van der Waals surface area contributed by atoms with Crippen molar-refractivity contribution in [1.29, 1.82) is 10.5 Å². The Morgan fingerprint density at radius 2 is 2.11 bits per heavy atom. The van der Waals surface area contributed by atoms with Gasteiger partial charge in [0.05, 0.1) is 12.9 Å². The van der Waals surface area contributed by atoms with Crippen molar-refractivity contribution in [2.75, 3.05) is 5.73 Å². The van der Waals surface area contributed by atoms with E-state index in [-0.39, 0.29) is 11.4 Å². The van der Waals surface area contributed by atoms with Crippen LogP contribution in [0.2, 0.25) is 0 Å². The summed E-state index contributed by atoms with van der Waals surface area (Å²) in [6.07, 6.45) is 1.47. The second-order valence-electron chi connectivity index (χ2n) is 3.60. The molecule has 0 aliphatic carbocycles. The molecule has 18 heavy (non-hydrogen) atoms. The smallest absolute Gasteiger partial charge is 0.176 e. The van der Waals surface area contributed by atoms with Crippen molar-refractivity contribution in [2.24, 2.45) is 0 Å². The molecule has 2 rings (SSSR count). The Bertz CT molecular complexity index is 655. The summed E-state index contributed by atoms with van der Waals surface area (Å²) in [5, 5.41) is 17.9. The van der Waals surface area contributed by atoms with E-state index in [1.165, 1.54) is 6.33 Å². The first-order valence-corrected chi connectivity index (χ1v) is 5.85. The fraction of sp³-hybridized carbons (Fsp3) is 0.0833. The minimum Gasteiger partial charge on any atom is -0.398 e. The normalized spacial score (nSPS) is 9.72. The lowest BCUT2D eigenvalue weighted by atomic mass is 10.2. The Balaban J connectivity index is 2.45. The highest BCUT2D eigenvalue weighted by Gasteiger charge is 2.12. The molecule has 2 aromatic rings. The Hall–Kier alpha value is -2.31. The van der Waals surface area contributed by atoms with Crippen LogP contribution in [-0.2, 0) is 6.54 Å². The number of nitrogen functional groups attached to an aromatic ring is 1. The molecule has 0 aliphatic rings. The molecule has 1 aromatic heterocycles. The first-order valence-electron chi connectivity index (χ1n) is 5.05. The molecular weight excluding hydrogens is 294 g/mol. The maximum atomic E-state index is 9.03. The van der Waals surface area contributed by atoms with Crippen LogP contribution in [0, 0.1) is 22.7 Å². The van der Waals surface area contributed by atoms with Gasteiger partial charge in [-0.3, -0.25) is 0 Å². The number of imidazole rings is 1. The number of rotatable bonds is 2. The van der Waals surface area contributed by atoms with Crippen LogP contribution >= 0.6 is 15.9 Å². The van der Waals surface area contributed by atoms with Crippen molar-refractivity contribution in [3.05, 3.63) is 46.0 Å². The number of hydrogen-bond acceptors (Lipinski definition) is 4. The third-order valence-corrected chi connectivity index (χ3v) is 3.28. The largest absolute Gasteiger partial charge is 0.398 e. The summed E-state index contributed by atoms with van der Waals surface area (Å²) in [7, 11) is 0. The maximum absolute atomic E-state index is 9.03. The number of anilines is 1.